The lowest BCUT2D eigenvalue weighted by molar-refractivity contribution is -0.119. The molecule has 0 atom stereocenters. The third kappa shape index (κ3) is 6.35. The minimum atomic E-state index is -0.685. The first-order chi connectivity index (χ1) is 14.4. The third-order valence-corrected chi connectivity index (χ3v) is 5.23. The lowest BCUT2D eigenvalue weighted by Gasteiger charge is -2.10. The van der Waals surface area contributed by atoms with Crippen LogP contribution in [-0.4, -0.2) is 42.1 Å². The molecule has 8 nitrogen and oxygen atoms in total. The van der Waals surface area contributed by atoms with Gasteiger partial charge in [0, 0.05) is 22.2 Å². The second-order valence-electron chi connectivity index (χ2n) is 6.70. The first-order valence-electron chi connectivity index (χ1n) is 9.30. The number of amides is 3. The number of hydrogen-bond acceptors (Lipinski definition) is 6. The highest BCUT2D eigenvalue weighted by Gasteiger charge is 2.24. The fourth-order valence-electron chi connectivity index (χ4n) is 2.55. The summed E-state index contributed by atoms with van der Waals surface area (Å²) in [6, 6.07) is 13.4. The number of benzene rings is 2. The van der Waals surface area contributed by atoms with Gasteiger partial charge in [-0.25, -0.2) is 4.79 Å². The Balaban J connectivity index is 1.54. The second-order valence-corrected chi connectivity index (χ2v) is 7.72. The summed E-state index contributed by atoms with van der Waals surface area (Å²) in [7, 11) is 0. The van der Waals surface area contributed by atoms with Gasteiger partial charge in [-0.05, 0) is 43.2 Å². The van der Waals surface area contributed by atoms with Crippen molar-refractivity contribution in [3.05, 3.63) is 59.7 Å². The molecule has 0 aliphatic heterocycles. The normalized spacial score (nSPS) is 12.7. The molecule has 0 aromatic heterocycles. The molecule has 1 aliphatic rings. The molecule has 0 radical (unpaired) electrons. The number of carbonyl (C=O) groups is 4. The van der Waals surface area contributed by atoms with Crippen LogP contribution in [0.2, 0.25) is 0 Å². The van der Waals surface area contributed by atoms with Crippen LogP contribution in [0.3, 0.4) is 0 Å². The van der Waals surface area contributed by atoms with Gasteiger partial charge in [0.25, 0.3) is 11.8 Å². The van der Waals surface area contributed by atoms with Crippen LogP contribution in [0.4, 0.5) is 5.69 Å². The third-order valence-electron chi connectivity index (χ3n) is 4.13. The van der Waals surface area contributed by atoms with E-state index in [9.17, 15) is 19.2 Å². The van der Waals surface area contributed by atoms with Crippen LogP contribution in [0, 0.1) is 0 Å². The maximum atomic E-state index is 12.3. The molecule has 0 unspecified atom stereocenters. The van der Waals surface area contributed by atoms with Crippen LogP contribution >= 0.6 is 11.8 Å². The molecule has 1 saturated carbocycles. The molecule has 0 spiro atoms. The van der Waals surface area contributed by atoms with Gasteiger partial charge in [0.05, 0.1) is 11.3 Å². The van der Waals surface area contributed by atoms with E-state index in [0.29, 0.717) is 16.1 Å². The minimum absolute atomic E-state index is 0.0233. The van der Waals surface area contributed by atoms with E-state index < -0.39 is 24.4 Å². The first-order valence-corrected chi connectivity index (χ1v) is 10.3. The zero-order chi connectivity index (χ0) is 21.5. The summed E-state index contributed by atoms with van der Waals surface area (Å²) in [5.74, 6) is -1.89. The Hall–Kier alpha value is -3.33. The molecule has 0 bridgehead atoms. The summed E-state index contributed by atoms with van der Waals surface area (Å²) in [6.45, 7) is -0.494. The Morgan fingerprint density at radius 2 is 1.83 bits per heavy atom. The number of primary amides is 1. The van der Waals surface area contributed by atoms with E-state index in [0.717, 1.165) is 24.6 Å². The van der Waals surface area contributed by atoms with Gasteiger partial charge < -0.3 is 21.1 Å². The molecule has 2 aromatic rings. The van der Waals surface area contributed by atoms with Crippen LogP contribution < -0.4 is 16.4 Å². The van der Waals surface area contributed by atoms with E-state index in [1.807, 2.05) is 0 Å². The van der Waals surface area contributed by atoms with Crippen LogP contribution in [-0.2, 0) is 14.3 Å². The van der Waals surface area contributed by atoms with Gasteiger partial charge in [0.2, 0.25) is 5.91 Å². The van der Waals surface area contributed by atoms with Gasteiger partial charge in [-0.15, -0.1) is 11.8 Å². The smallest absolute Gasteiger partial charge is 0.339 e. The highest BCUT2D eigenvalue weighted by Crippen LogP contribution is 2.23. The van der Waals surface area contributed by atoms with E-state index in [1.165, 1.54) is 0 Å². The van der Waals surface area contributed by atoms with E-state index in [1.54, 1.807) is 48.5 Å². The highest BCUT2D eigenvalue weighted by atomic mass is 32.2. The van der Waals surface area contributed by atoms with Crippen molar-refractivity contribution >= 4 is 41.1 Å². The van der Waals surface area contributed by atoms with Gasteiger partial charge in [0.15, 0.2) is 6.61 Å². The highest BCUT2D eigenvalue weighted by molar-refractivity contribution is 8.00. The molecule has 156 valence electrons. The summed E-state index contributed by atoms with van der Waals surface area (Å²) in [6.07, 6.45) is 1.97. The molecule has 0 heterocycles. The predicted octanol–water partition coefficient (Wildman–Crippen LogP) is 1.95. The van der Waals surface area contributed by atoms with Crippen molar-refractivity contribution in [1.82, 2.24) is 5.32 Å². The maximum Gasteiger partial charge on any atom is 0.339 e. The van der Waals surface area contributed by atoms with Crippen molar-refractivity contribution < 1.29 is 23.9 Å². The SMILES string of the molecule is NC(=O)CSc1ccccc1C(=O)OCC(=O)Nc1cccc(C(=O)NC2CC2)c1. The van der Waals surface area contributed by atoms with Gasteiger partial charge >= 0.3 is 5.97 Å². The number of esters is 1. The van der Waals surface area contributed by atoms with Gasteiger partial charge in [-0.1, -0.05) is 18.2 Å². The van der Waals surface area contributed by atoms with Crippen LogP contribution in [0.25, 0.3) is 0 Å². The first kappa shape index (κ1) is 21.4. The molecule has 9 heteroatoms. The molecule has 0 saturated heterocycles. The molecule has 4 N–H and O–H groups in total. The second kappa shape index (κ2) is 9.93. The van der Waals surface area contributed by atoms with Gasteiger partial charge in [-0.2, -0.15) is 0 Å². The van der Waals surface area contributed by atoms with Crippen LogP contribution in [0.1, 0.15) is 33.6 Å². The van der Waals surface area contributed by atoms with Crippen LogP contribution in [0.5, 0.6) is 0 Å². The number of anilines is 1. The number of nitrogens with two attached hydrogens (primary N) is 1. The topological polar surface area (TPSA) is 128 Å². The molecule has 30 heavy (non-hydrogen) atoms. The fourth-order valence-corrected chi connectivity index (χ4v) is 3.33. The molecule has 3 amide bonds. The van der Waals surface area contributed by atoms with Gasteiger partial charge in [0.1, 0.15) is 0 Å². The summed E-state index contributed by atoms with van der Waals surface area (Å²) in [5.41, 5.74) is 6.26. The molecule has 2 aromatic carbocycles. The van der Waals surface area contributed by atoms with Crippen molar-refractivity contribution in [2.24, 2.45) is 5.73 Å². The Kier molecular flexibility index (Phi) is 7.08. The minimum Gasteiger partial charge on any atom is -0.452 e. The van der Waals surface area contributed by atoms with E-state index in [4.69, 9.17) is 10.5 Å². The zero-order valence-electron chi connectivity index (χ0n) is 16.1. The zero-order valence-corrected chi connectivity index (χ0v) is 16.9. The molecule has 1 fully saturated rings. The summed E-state index contributed by atoms with van der Waals surface area (Å²) in [4.78, 5) is 48.1. The van der Waals surface area contributed by atoms with Crippen molar-refractivity contribution in [3.63, 3.8) is 0 Å². The molecule has 3 rings (SSSR count). The van der Waals surface area contributed by atoms with E-state index in [-0.39, 0.29) is 23.3 Å². The Bertz CT molecular complexity index is 975. The Labute approximate surface area is 177 Å². The van der Waals surface area contributed by atoms with Crippen molar-refractivity contribution in [3.8, 4) is 0 Å². The van der Waals surface area contributed by atoms with Gasteiger partial charge in [-0.3, -0.25) is 14.4 Å². The number of nitrogens with one attached hydrogen (secondary N) is 2. The summed E-state index contributed by atoms with van der Waals surface area (Å²) < 4.78 is 5.09. The number of carbonyl (C=O) groups excluding carboxylic acids is 4. The van der Waals surface area contributed by atoms with Crippen molar-refractivity contribution in [1.29, 1.82) is 0 Å². The predicted molar refractivity (Wildman–Crippen MR) is 112 cm³/mol. The van der Waals surface area contributed by atoms with E-state index >= 15 is 0 Å². The quantitative estimate of drug-likeness (QED) is 0.415. The number of rotatable bonds is 9. The number of hydrogen-bond donors (Lipinski definition) is 3. The Morgan fingerprint density at radius 1 is 1.07 bits per heavy atom. The van der Waals surface area contributed by atoms with E-state index in [2.05, 4.69) is 10.6 Å². The largest absolute Gasteiger partial charge is 0.452 e. The summed E-state index contributed by atoms with van der Waals surface area (Å²) in [5, 5.41) is 5.48. The summed E-state index contributed by atoms with van der Waals surface area (Å²) >= 11 is 1.12. The number of thioether (sulfide) groups is 1. The lowest BCUT2D eigenvalue weighted by Crippen LogP contribution is -2.25. The average molecular weight is 427 g/mol. The standard InChI is InChI=1S/C21H21N3O5S/c22-18(25)12-30-17-7-2-1-6-16(17)21(28)29-11-19(26)23-15-5-3-4-13(10-15)20(27)24-14-8-9-14/h1-7,10,14H,8-9,11-12H2,(H2,22,25)(H,23,26)(H,24,27). The van der Waals surface area contributed by atoms with Crippen molar-refractivity contribution in [2.45, 2.75) is 23.8 Å². The number of ether oxygens (including phenoxy) is 1. The fraction of sp³-hybridized carbons (Fsp3) is 0.238. The monoisotopic (exact) mass is 427 g/mol. The average Bonchev–Trinajstić information content (AvgIpc) is 3.55. The molecule has 1 aliphatic carbocycles. The molecular weight excluding hydrogens is 406 g/mol. The molecular formula is C21H21N3O5S. The lowest BCUT2D eigenvalue weighted by atomic mass is 10.2. The Morgan fingerprint density at radius 3 is 2.57 bits per heavy atom. The van der Waals surface area contributed by atoms with Crippen molar-refractivity contribution in [2.75, 3.05) is 17.7 Å². The maximum absolute atomic E-state index is 12.3. The van der Waals surface area contributed by atoms with Crippen LogP contribution in [0.15, 0.2) is 53.4 Å².